The van der Waals surface area contributed by atoms with E-state index in [2.05, 4.69) is 0 Å². The van der Waals surface area contributed by atoms with Crippen molar-refractivity contribution in [1.82, 2.24) is 4.31 Å². The molecule has 1 aromatic rings. The fourth-order valence-electron chi connectivity index (χ4n) is 3.64. The summed E-state index contributed by atoms with van der Waals surface area (Å²) in [6.45, 7) is 10.2. The number of anilines is 1. The molecule has 1 N–H and O–H groups in total. The molecule has 2 atom stereocenters. The number of hydrogen-bond acceptors (Lipinski definition) is 4. The van der Waals surface area contributed by atoms with Gasteiger partial charge in [0.1, 0.15) is 0 Å². The van der Waals surface area contributed by atoms with Gasteiger partial charge in [0.05, 0.1) is 16.1 Å². The molecule has 140 valence electrons. The molecule has 0 spiro atoms. The number of aromatic carboxylic acids is 1. The Labute approximate surface area is 150 Å². The quantitative estimate of drug-likeness (QED) is 0.835. The number of benzene rings is 1. The van der Waals surface area contributed by atoms with Crippen molar-refractivity contribution in [3.05, 3.63) is 23.8 Å². The van der Waals surface area contributed by atoms with E-state index in [1.54, 1.807) is 6.07 Å². The van der Waals surface area contributed by atoms with E-state index in [1.165, 1.54) is 16.4 Å². The van der Waals surface area contributed by atoms with Crippen molar-refractivity contribution in [3.8, 4) is 0 Å². The molecule has 25 heavy (non-hydrogen) atoms. The maximum atomic E-state index is 13.0. The van der Waals surface area contributed by atoms with Crippen molar-refractivity contribution in [2.24, 2.45) is 11.8 Å². The van der Waals surface area contributed by atoms with E-state index in [9.17, 15) is 18.3 Å². The number of carboxylic acid groups (broad SMARTS) is 1. The second kappa shape index (κ2) is 7.74. The van der Waals surface area contributed by atoms with Gasteiger partial charge in [-0.05, 0) is 50.3 Å². The van der Waals surface area contributed by atoms with Gasteiger partial charge in [-0.3, -0.25) is 0 Å². The molecule has 6 nitrogen and oxygen atoms in total. The van der Waals surface area contributed by atoms with Crippen LogP contribution in [0.5, 0.6) is 0 Å². The topological polar surface area (TPSA) is 77.9 Å². The van der Waals surface area contributed by atoms with Crippen LogP contribution in [0.3, 0.4) is 0 Å². The maximum Gasteiger partial charge on any atom is 0.337 e. The van der Waals surface area contributed by atoms with Crippen LogP contribution in [0.2, 0.25) is 0 Å². The summed E-state index contributed by atoms with van der Waals surface area (Å²) in [4.78, 5) is 13.6. The highest BCUT2D eigenvalue weighted by molar-refractivity contribution is 7.89. The number of carboxylic acids is 1. The molecule has 1 aromatic carbocycles. The summed E-state index contributed by atoms with van der Waals surface area (Å²) in [5, 5.41) is 9.56. The van der Waals surface area contributed by atoms with Crippen LogP contribution in [0.25, 0.3) is 0 Å². The summed E-state index contributed by atoms with van der Waals surface area (Å²) in [5.41, 5.74) is 0.583. The standard InChI is InChI=1S/C18H28N2O4S/c1-5-19(6-2)17-8-7-15(10-16(17)18(21)22)25(23,24)20-11-13(3)9-14(4)12-20/h7-8,10,13-14H,5-6,9,11-12H2,1-4H3,(H,21,22). The monoisotopic (exact) mass is 368 g/mol. The average Bonchev–Trinajstić information content (AvgIpc) is 2.55. The Morgan fingerprint density at radius 2 is 1.76 bits per heavy atom. The molecule has 7 heteroatoms. The number of hydrogen-bond donors (Lipinski definition) is 1. The minimum Gasteiger partial charge on any atom is -0.478 e. The summed E-state index contributed by atoms with van der Waals surface area (Å²) in [6.07, 6.45) is 1.01. The first kappa shape index (κ1) is 19.7. The first-order chi connectivity index (χ1) is 11.7. The third-order valence-corrected chi connectivity index (χ3v) is 6.60. The molecule has 0 radical (unpaired) electrons. The van der Waals surface area contributed by atoms with Gasteiger partial charge in [0, 0.05) is 26.2 Å². The minimum absolute atomic E-state index is 0.0304. The van der Waals surface area contributed by atoms with E-state index in [0.29, 0.717) is 43.7 Å². The van der Waals surface area contributed by atoms with Gasteiger partial charge in [-0.25, -0.2) is 13.2 Å². The van der Waals surface area contributed by atoms with Crippen LogP contribution in [0.1, 0.15) is 44.5 Å². The van der Waals surface area contributed by atoms with Crippen LogP contribution in [0, 0.1) is 11.8 Å². The Kier molecular flexibility index (Phi) is 6.11. The molecule has 1 aliphatic heterocycles. The average molecular weight is 368 g/mol. The summed E-state index contributed by atoms with van der Waals surface area (Å²) in [6, 6.07) is 4.44. The second-order valence-corrected chi connectivity index (χ2v) is 8.86. The molecule has 1 aliphatic rings. The van der Waals surface area contributed by atoms with E-state index >= 15 is 0 Å². The molecule has 2 unspecified atom stereocenters. The van der Waals surface area contributed by atoms with Crippen molar-refractivity contribution in [2.45, 2.75) is 39.0 Å². The number of nitrogens with zero attached hydrogens (tertiary/aromatic N) is 2. The molecule has 1 fully saturated rings. The number of piperidine rings is 1. The van der Waals surface area contributed by atoms with Crippen LogP contribution in [-0.4, -0.2) is 50.0 Å². The predicted molar refractivity (Wildman–Crippen MR) is 98.7 cm³/mol. The highest BCUT2D eigenvalue weighted by atomic mass is 32.2. The number of carbonyl (C=O) groups is 1. The van der Waals surface area contributed by atoms with E-state index in [1.807, 2.05) is 32.6 Å². The molecule has 1 heterocycles. The smallest absolute Gasteiger partial charge is 0.337 e. The second-order valence-electron chi connectivity index (χ2n) is 6.92. The van der Waals surface area contributed by atoms with Gasteiger partial charge in [0.15, 0.2) is 0 Å². The normalized spacial score (nSPS) is 21.9. The highest BCUT2D eigenvalue weighted by Crippen LogP contribution is 2.29. The molecular formula is C18H28N2O4S. The fraction of sp³-hybridized carbons (Fsp3) is 0.611. The van der Waals surface area contributed by atoms with E-state index < -0.39 is 16.0 Å². The largest absolute Gasteiger partial charge is 0.478 e. The molecule has 2 rings (SSSR count). The third kappa shape index (κ3) is 4.15. The van der Waals surface area contributed by atoms with E-state index in [4.69, 9.17) is 0 Å². The first-order valence-corrected chi connectivity index (χ1v) is 10.3. The molecule has 0 amide bonds. The highest BCUT2D eigenvalue weighted by Gasteiger charge is 2.32. The van der Waals surface area contributed by atoms with Gasteiger partial charge in [-0.1, -0.05) is 13.8 Å². The molecule has 0 saturated carbocycles. The summed E-state index contributed by atoms with van der Waals surface area (Å²) < 4.78 is 27.5. The van der Waals surface area contributed by atoms with Crippen LogP contribution in [0.4, 0.5) is 5.69 Å². The molecule has 1 saturated heterocycles. The lowest BCUT2D eigenvalue weighted by Crippen LogP contribution is -2.42. The fourth-order valence-corrected chi connectivity index (χ4v) is 5.34. The van der Waals surface area contributed by atoms with Gasteiger partial charge < -0.3 is 10.0 Å². The molecule has 0 aromatic heterocycles. The Balaban J connectivity index is 2.45. The summed E-state index contributed by atoms with van der Waals surface area (Å²) in [7, 11) is -3.69. The lowest BCUT2D eigenvalue weighted by Gasteiger charge is -2.34. The molecule has 0 bridgehead atoms. The Morgan fingerprint density at radius 3 is 2.24 bits per heavy atom. The van der Waals surface area contributed by atoms with Crippen molar-refractivity contribution in [3.63, 3.8) is 0 Å². The predicted octanol–water partition coefficient (Wildman–Crippen LogP) is 2.90. The Hall–Kier alpha value is -1.60. The van der Waals surface area contributed by atoms with Crippen molar-refractivity contribution in [1.29, 1.82) is 0 Å². The zero-order valence-electron chi connectivity index (χ0n) is 15.4. The van der Waals surface area contributed by atoms with Gasteiger partial charge >= 0.3 is 5.97 Å². The molecule has 0 aliphatic carbocycles. The Morgan fingerprint density at radius 1 is 1.20 bits per heavy atom. The SMILES string of the molecule is CCN(CC)c1ccc(S(=O)(=O)N2CC(C)CC(C)C2)cc1C(=O)O. The maximum absolute atomic E-state index is 13.0. The number of rotatable bonds is 6. The number of sulfonamides is 1. The van der Waals surface area contributed by atoms with Gasteiger partial charge in [0.25, 0.3) is 0 Å². The summed E-state index contributed by atoms with van der Waals surface area (Å²) >= 11 is 0. The first-order valence-electron chi connectivity index (χ1n) is 8.83. The van der Waals surface area contributed by atoms with Crippen molar-refractivity contribution >= 4 is 21.7 Å². The lowest BCUT2D eigenvalue weighted by molar-refractivity contribution is 0.0697. The zero-order chi connectivity index (χ0) is 18.8. The van der Waals surface area contributed by atoms with Crippen LogP contribution in [0.15, 0.2) is 23.1 Å². The lowest BCUT2D eigenvalue weighted by atomic mass is 9.94. The summed E-state index contributed by atoms with van der Waals surface area (Å²) in [5.74, 6) is -0.515. The third-order valence-electron chi connectivity index (χ3n) is 4.78. The van der Waals surface area contributed by atoms with Gasteiger partial charge in [-0.15, -0.1) is 0 Å². The minimum atomic E-state index is -3.69. The van der Waals surface area contributed by atoms with Crippen LogP contribution in [-0.2, 0) is 10.0 Å². The van der Waals surface area contributed by atoms with Crippen LogP contribution < -0.4 is 4.90 Å². The Bertz CT molecular complexity index is 719. The zero-order valence-corrected chi connectivity index (χ0v) is 16.2. The van der Waals surface area contributed by atoms with E-state index in [-0.39, 0.29) is 10.5 Å². The van der Waals surface area contributed by atoms with Crippen LogP contribution >= 0.6 is 0 Å². The molecular weight excluding hydrogens is 340 g/mol. The van der Waals surface area contributed by atoms with Gasteiger partial charge in [0.2, 0.25) is 10.0 Å². The van der Waals surface area contributed by atoms with Crippen molar-refractivity contribution in [2.75, 3.05) is 31.1 Å². The van der Waals surface area contributed by atoms with E-state index in [0.717, 1.165) is 6.42 Å². The van der Waals surface area contributed by atoms with Gasteiger partial charge in [-0.2, -0.15) is 4.31 Å². The van der Waals surface area contributed by atoms with Crippen molar-refractivity contribution < 1.29 is 18.3 Å².